The summed E-state index contributed by atoms with van der Waals surface area (Å²) in [5.74, 6) is 2.37. The monoisotopic (exact) mass is 250 g/mol. The van der Waals surface area contributed by atoms with E-state index in [-0.39, 0.29) is 5.97 Å². The minimum atomic E-state index is -0.307. The summed E-state index contributed by atoms with van der Waals surface area (Å²) in [4.78, 5) is 11.6. The van der Waals surface area contributed by atoms with Crippen molar-refractivity contribution in [1.82, 2.24) is 0 Å². The topological polar surface area (TPSA) is 39.4 Å². The molecule has 3 heteroatoms. The fraction of sp³-hybridized carbons (Fsp3) is 0.667. The molecule has 0 bridgehead atoms. The van der Waals surface area contributed by atoms with Crippen LogP contribution in [0.15, 0.2) is 10.5 Å². The number of rotatable bonds is 3. The van der Waals surface area contributed by atoms with E-state index in [0.717, 1.165) is 5.76 Å². The van der Waals surface area contributed by atoms with Crippen LogP contribution < -0.4 is 0 Å². The molecule has 0 aliphatic heterocycles. The lowest BCUT2D eigenvalue weighted by Crippen LogP contribution is -2.13. The summed E-state index contributed by atoms with van der Waals surface area (Å²) in [5.41, 5.74) is 0.565. The number of methoxy groups -OCH3 is 1. The number of hydrogen-bond donors (Lipinski definition) is 0. The summed E-state index contributed by atoms with van der Waals surface area (Å²) in [7, 11) is 1.40. The molecule has 0 aromatic carbocycles. The van der Waals surface area contributed by atoms with Crippen molar-refractivity contribution in [1.29, 1.82) is 0 Å². The summed E-state index contributed by atoms with van der Waals surface area (Å²) >= 11 is 0. The van der Waals surface area contributed by atoms with Crippen molar-refractivity contribution in [2.45, 2.75) is 51.9 Å². The van der Waals surface area contributed by atoms with E-state index >= 15 is 0 Å². The van der Waals surface area contributed by atoms with Gasteiger partial charge in [0.1, 0.15) is 17.1 Å². The highest BCUT2D eigenvalue weighted by Gasteiger charge is 2.26. The Labute approximate surface area is 109 Å². The van der Waals surface area contributed by atoms with E-state index in [9.17, 15) is 4.79 Å². The maximum Gasteiger partial charge on any atom is 0.341 e. The standard InChI is InChI=1S/C15H22O3/c1-10(12-7-5-4-6-8-12)14-9-13(11(2)18-14)15(16)17-3/h9-10,12H,4-8H2,1-3H3. The van der Waals surface area contributed by atoms with E-state index in [1.165, 1.54) is 39.2 Å². The molecule has 18 heavy (non-hydrogen) atoms. The molecule has 1 heterocycles. The van der Waals surface area contributed by atoms with Crippen molar-refractivity contribution in [3.05, 3.63) is 23.2 Å². The highest BCUT2D eigenvalue weighted by Crippen LogP contribution is 2.37. The van der Waals surface area contributed by atoms with E-state index in [4.69, 9.17) is 9.15 Å². The summed E-state index contributed by atoms with van der Waals surface area (Å²) < 4.78 is 10.5. The van der Waals surface area contributed by atoms with Gasteiger partial charge in [0.25, 0.3) is 0 Å². The molecule has 0 spiro atoms. The minimum absolute atomic E-state index is 0.307. The first-order valence-electron chi connectivity index (χ1n) is 6.82. The number of hydrogen-bond acceptors (Lipinski definition) is 3. The van der Waals surface area contributed by atoms with Gasteiger partial charge in [0.15, 0.2) is 0 Å². The van der Waals surface area contributed by atoms with Crippen LogP contribution in [0.3, 0.4) is 0 Å². The number of esters is 1. The predicted octanol–water partition coefficient (Wildman–Crippen LogP) is 4.06. The number of aryl methyl sites for hydroxylation is 1. The second-order valence-electron chi connectivity index (χ2n) is 5.30. The number of carbonyl (C=O) groups excluding carboxylic acids is 1. The highest BCUT2D eigenvalue weighted by molar-refractivity contribution is 5.90. The van der Waals surface area contributed by atoms with Gasteiger partial charge in [0, 0.05) is 5.92 Å². The normalized spacial score (nSPS) is 18.6. The van der Waals surface area contributed by atoms with Crippen LogP contribution in [-0.2, 0) is 4.74 Å². The maximum atomic E-state index is 11.6. The zero-order valence-electron chi connectivity index (χ0n) is 11.5. The first-order valence-corrected chi connectivity index (χ1v) is 6.82. The van der Waals surface area contributed by atoms with Gasteiger partial charge in [0.2, 0.25) is 0 Å². The molecule has 0 amide bonds. The Balaban J connectivity index is 2.15. The van der Waals surface area contributed by atoms with Gasteiger partial charge in [0.05, 0.1) is 7.11 Å². The van der Waals surface area contributed by atoms with Crippen LogP contribution in [0.4, 0.5) is 0 Å². The molecule has 2 rings (SSSR count). The molecule has 1 atom stereocenters. The zero-order valence-corrected chi connectivity index (χ0v) is 11.5. The third-order valence-electron chi connectivity index (χ3n) is 4.15. The molecule has 1 unspecified atom stereocenters. The molecule has 1 aromatic rings. The summed E-state index contributed by atoms with van der Waals surface area (Å²) in [6.45, 7) is 4.03. The first kappa shape index (κ1) is 13.2. The number of ether oxygens (including phenoxy) is 1. The highest BCUT2D eigenvalue weighted by atomic mass is 16.5. The smallest absolute Gasteiger partial charge is 0.341 e. The van der Waals surface area contributed by atoms with Crippen LogP contribution in [-0.4, -0.2) is 13.1 Å². The Morgan fingerprint density at radius 3 is 2.67 bits per heavy atom. The summed E-state index contributed by atoms with van der Waals surface area (Å²) in [6.07, 6.45) is 6.54. The van der Waals surface area contributed by atoms with Gasteiger partial charge < -0.3 is 9.15 Å². The minimum Gasteiger partial charge on any atom is -0.465 e. The lowest BCUT2D eigenvalue weighted by Gasteiger charge is -2.26. The molecule has 0 radical (unpaired) electrons. The predicted molar refractivity (Wildman–Crippen MR) is 69.8 cm³/mol. The van der Waals surface area contributed by atoms with Crippen molar-refractivity contribution in [3.63, 3.8) is 0 Å². The van der Waals surface area contributed by atoms with Crippen LogP contribution in [0.1, 0.15) is 66.8 Å². The molecule has 1 fully saturated rings. The van der Waals surface area contributed by atoms with Crippen LogP contribution >= 0.6 is 0 Å². The average molecular weight is 250 g/mol. The fourth-order valence-corrected chi connectivity index (χ4v) is 2.91. The fourth-order valence-electron chi connectivity index (χ4n) is 2.91. The molecule has 1 saturated carbocycles. The van der Waals surface area contributed by atoms with E-state index in [2.05, 4.69) is 6.92 Å². The molecule has 1 aliphatic rings. The molecule has 100 valence electrons. The second kappa shape index (κ2) is 5.59. The van der Waals surface area contributed by atoms with Crippen molar-refractivity contribution < 1.29 is 13.9 Å². The van der Waals surface area contributed by atoms with Crippen LogP contribution in [0.5, 0.6) is 0 Å². The van der Waals surface area contributed by atoms with E-state index in [0.29, 0.717) is 23.2 Å². The summed E-state index contributed by atoms with van der Waals surface area (Å²) in [6, 6.07) is 1.86. The Hall–Kier alpha value is -1.25. The SMILES string of the molecule is COC(=O)c1cc(C(C)C2CCCCC2)oc1C. The van der Waals surface area contributed by atoms with Crippen molar-refractivity contribution >= 4 is 5.97 Å². The Kier molecular flexibility index (Phi) is 4.10. The second-order valence-corrected chi connectivity index (χ2v) is 5.30. The number of carbonyl (C=O) groups is 1. The lowest BCUT2D eigenvalue weighted by atomic mass is 9.80. The van der Waals surface area contributed by atoms with E-state index in [1.54, 1.807) is 0 Å². The van der Waals surface area contributed by atoms with Crippen molar-refractivity contribution in [2.24, 2.45) is 5.92 Å². The third kappa shape index (κ3) is 2.60. The lowest BCUT2D eigenvalue weighted by molar-refractivity contribution is 0.0599. The van der Waals surface area contributed by atoms with Gasteiger partial charge >= 0.3 is 5.97 Å². The van der Waals surface area contributed by atoms with E-state index < -0.39 is 0 Å². The zero-order chi connectivity index (χ0) is 13.1. The molecule has 1 aromatic heterocycles. The molecule has 3 nitrogen and oxygen atoms in total. The molecular weight excluding hydrogens is 228 g/mol. The third-order valence-corrected chi connectivity index (χ3v) is 4.15. The van der Waals surface area contributed by atoms with Gasteiger partial charge in [-0.15, -0.1) is 0 Å². The van der Waals surface area contributed by atoms with Gasteiger partial charge in [-0.3, -0.25) is 0 Å². The largest absolute Gasteiger partial charge is 0.465 e. The van der Waals surface area contributed by atoms with Crippen LogP contribution in [0.2, 0.25) is 0 Å². The van der Waals surface area contributed by atoms with Crippen molar-refractivity contribution in [3.8, 4) is 0 Å². The van der Waals surface area contributed by atoms with Gasteiger partial charge in [-0.05, 0) is 31.7 Å². The Morgan fingerprint density at radius 1 is 1.39 bits per heavy atom. The maximum absolute atomic E-state index is 11.6. The Bertz CT molecular complexity index is 413. The molecule has 1 aliphatic carbocycles. The van der Waals surface area contributed by atoms with E-state index in [1.807, 2.05) is 13.0 Å². The number of furan rings is 1. The van der Waals surface area contributed by atoms with Gasteiger partial charge in [-0.1, -0.05) is 26.2 Å². The molecule has 0 N–H and O–H groups in total. The van der Waals surface area contributed by atoms with Crippen molar-refractivity contribution in [2.75, 3.05) is 7.11 Å². The van der Waals surface area contributed by atoms with Gasteiger partial charge in [-0.25, -0.2) is 4.79 Å². The Morgan fingerprint density at radius 2 is 2.06 bits per heavy atom. The molecular formula is C15H22O3. The van der Waals surface area contributed by atoms with Gasteiger partial charge in [-0.2, -0.15) is 0 Å². The first-order chi connectivity index (χ1) is 8.63. The van der Waals surface area contributed by atoms with Crippen LogP contribution in [0.25, 0.3) is 0 Å². The average Bonchev–Trinajstić information content (AvgIpc) is 2.80. The molecule has 0 saturated heterocycles. The van der Waals surface area contributed by atoms with Crippen LogP contribution in [0, 0.1) is 12.8 Å². The quantitative estimate of drug-likeness (QED) is 0.759. The summed E-state index contributed by atoms with van der Waals surface area (Å²) in [5, 5.41) is 0.